The van der Waals surface area contributed by atoms with Crippen molar-refractivity contribution in [2.24, 2.45) is 0 Å². The molecule has 0 atom stereocenters. The Balaban J connectivity index is 1.84. The highest BCUT2D eigenvalue weighted by atomic mass is 35.5. The second-order valence-electron chi connectivity index (χ2n) is 6.60. The van der Waals surface area contributed by atoms with E-state index in [0.29, 0.717) is 37.5 Å². The van der Waals surface area contributed by atoms with Crippen LogP contribution in [0.4, 0.5) is 5.69 Å². The molecule has 0 spiro atoms. The van der Waals surface area contributed by atoms with Gasteiger partial charge in [0.25, 0.3) is 0 Å². The van der Waals surface area contributed by atoms with Gasteiger partial charge >= 0.3 is 0 Å². The van der Waals surface area contributed by atoms with Crippen LogP contribution < -0.4 is 10.7 Å². The Labute approximate surface area is 171 Å². The molecule has 0 saturated carbocycles. The fraction of sp³-hybridized carbons (Fsp3) is 0.0909. The Hall–Kier alpha value is -2.82. The minimum Gasteiger partial charge on any atom is -0.331 e. The number of fused-ring (bicyclic) bond motifs is 2. The van der Waals surface area contributed by atoms with Crippen LogP contribution in [-0.2, 0) is 11.3 Å². The van der Waals surface area contributed by atoms with E-state index >= 15 is 0 Å². The van der Waals surface area contributed by atoms with E-state index in [2.05, 4.69) is 5.32 Å². The topological polar surface area (TPSA) is 51.1 Å². The van der Waals surface area contributed by atoms with Gasteiger partial charge in [-0.2, -0.15) is 0 Å². The number of carbonyl (C=O) groups is 1. The largest absolute Gasteiger partial charge is 0.331 e. The van der Waals surface area contributed by atoms with Gasteiger partial charge in [0.15, 0.2) is 5.43 Å². The second kappa shape index (κ2) is 7.30. The molecule has 0 fully saturated rings. The molecule has 3 aromatic carbocycles. The Morgan fingerprint density at radius 3 is 2.43 bits per heavy atom. The molecule has 1 aromatic heterocycles. The van der Waals surface area contributed by atoms with Gasteiger partial charge in [0, 0.05) is 26.5 Å². The standard InChI is InChI=1S/C22H16Cl2N2O2/c1-13-6-7-14(23)10-18(13)25-21(27)12-26-19-5-3-2-4-16(19)22(28)17-9-8-15(24)11-20(17)26/h2-11H,12H2,1H3,(H,25,27). The van der Waals surface area contributed by atoms with Crippen LogP contribution >= 0.6 is 23.2 Å². The average Bonchev–Trinajstić information content (AvgIpc) is 2.68. The Bertz CT molecular complexity index is 1300. The van der Waals surface area contributed by atoms with Crippen LogP contribution in [0, 0.1) is 6.92 Å². The van der Waals surface area contributed by atoms with Crippen molar-refractivity contribution >= 4 is 56.6 Å². The lowest BCUT2D eigenvalue weighted by Crippen LogP contribution is -2.22. The lowest BCUT2D eigenvalue weighted by molar-refractivity contribution is -0.116. The first-order valence-corrected chi connectivity index (χ1v) is 9.46. The first-order valence-electron chi connectivity index (χ1n) is 8.71. The summed E-state index contributed by atoms with van der Waals surface area (Å²) in [6.45, 7) is 1.93. The predicted molar refractivity (Wildman–Crippen MR) is 116 cm³/mol. The molecule has 0 aliphatic rings. The third-order valence-electron chi connectivity index (χ3n) is 4.71. The van der Waals surface area contributed by atoms with Gasteiger partial charge in [0.1, 0.15) is 6.54 Å². The number of nitrogens with one attached hydrogen (secondary N) is 1. The van der Waals surface area contributed by atoms with Crippen molar-refractivity contribution in [3.05, 3.63) is 86.5 Å². The zero-order chi connectivity index (χ0) is 19.8. The van der Waals surface area contributed by atoms with E-state index < -0.39 is 0 Å². The van der Waals surface area contributed by atoms with Crippen molar-refractivity contribution in [2.45, 2.75) is 13.5 Å². The summed E-state index contributed by atoms with van der Waals surface area (Å²) in [5.41, 5.74) is 2.79. The molecule has 1 amide bonds. The molecular weight excluding hydrogens is 395 g/mol. The van der Waals surface area contributed by atoms with Crippen LogP contribution in [0.15, 0.2) is 65.5 Å². The van der Waals surface area contributed by atoms with Crippen LogP contribution in [0.2, 0.25) is 10.0 Å². The number of rotatable bonds is 3. The Morgan fingerprint density at radius 2 is 1.61 bits per heavy atom. The molecule has 28 heavy (non-hydrogen) atoms. The number of benzene rings is 3. The van der Waals surface area contributed by atoms with Crippen molar-refractivity contribution in [3.8, 4) is 0 Å². The van der Waals surface area contributed by atoms with Gasteiger partial charge in [-0.05, 0) is 55.0 Å². The number of nitrogens with zero attached hydrogens (tertiary/aromatic N) is 1. The SMILES string of the molecule is Cc1ccc(Cl)cc1NC(=O)Cn1c2ccccc2c(=O)c2ccc(Cl)cc21. The number of para-hydroxylation sites is 1. The van der Waals surface area contributed by atoms with Crippen LogP contribution in [0.3, 0.4) is 0 Å². The summed E-state index contributed by atoms with van der Waals surface area (Å²) in [5, 5.41) is 5.04. The number of hydrogen-bond donors (Lipinski definition) is 1. The molecule has 1 N–H and O–H groups in total. The third-order valence-corrected chi connectivity index (χ3v) is 5.18. The molecule has 0 aliphatic heterocycles. The number of pyridine rings is 1. The van der Waals surface area contributed by atoms with Crippen molar-refractivity contribution < 1.29 is 4.79 Å². The molecule has 0 unspecified atom stereocenters. The van der Waals surface area contributed by atoms with E-state index in [1.54, 1.807) is 36.4 Å². The molecule has 1 heterocycles. The fourth-order valence-corrected chi connectivity index (χ4v) is 3.67. The zero-order valence-electron chi connectivity index (χ0n) is 15.0. The number of hydrogen-bond acceptors (Lipinski definition) is 2. The van der Waals surface area contributed by atoms with E-state index in [1.807, 2.05) is 35.8 Å². The van der Waals surface area contributed by atoms with Gasteiger partial charge in [0.2, 0.25) is 5.91 Å². The van der Waals surface area contributed by atoms with E-state index in [0.717, 1.165) is 5.56 Å². The molecule has 4 nitrogen and oxygen atoms in total. The maximum Gasteiger partial charge on any atom is 0.244 e. The average molecular weight is 411 g/mol. The number of aromatic nitrogens is 1. The summed E-state index contributed by atoms with van der Waals surface area (Å²) in [4.78, 5) is 25.7. The summed E-state index contributed by atoms with van der Waals surface area (Å²) < 4.78 is 1.81. The number of carbonyl (C=O) groups excluding carboxylic acids is 1. The number of anilines is 1. The maximum absolute atomic E-state index is 12.8. The molecule has 4 aromatic rings. The molecule has 0 bridgehead atoms. The zero-order valence-corrected chi connectivity index (χ0v) is 16.5. The van der Waals surface area contributed by atoms with Crippen LogP contribution in [0.1, 0.15) is 5.56 Å². The molecule has 140 valence electrons. The summed E-state index contributed by atoms with van der Waals surface area (Å²) >= 11 is 12.2. The minimum atomic E-state index is -0.222. The maximum atomic E-state index is 12.8. The lowest BCUT2D eigenvalue weighted by Gasteiger charge is -2.16. The van der Waals surface area contributed by atoms with Crippen molar-refractivity contribution in [3.63, 3.8) is 0 Å². The second-order valence-corrected chi connectivity index (χ2v) is 7.47. The molecule has 0 radical (unpaired) electrons. The minimum absolute atomic E-state index is 0.0313. The smallest absolute Gasteiger partial charge is 0.244 e. The number of aryl methyl sites for hydroxylation is 1. The molecular formula is C22H16Cl2N2O2. The van der Waals surface area contributed by atoms with Gasteiger partial charge in [-0.25, -0.2) is 0 Å². The highest BCUT2D eigenvalue weighted by Crippen LogP contribution is 2.24. The predicted octanol–water partition coefficient (Wildman–Crippen LogP) is 5.41. The Morgan fingerprint density at radius 1 is 0.929 bits per heavy atom. The highest BCUT2D eigenvalue weighted by molar-refractivity contribution is 6.31. The fourth-order valence-electron chi connectivity index (χ4n) is 3.33. The summed E-state index contributed by atoms with van der Waals surface area (Å²) in [5.74, 6) is -0.222. The van der Waals surface area contributed by atoms with E-state index in [-0.39, 0.29) is 17.9 Å². The number of halogens is 2. The third kappa shape index (κ3) is 3.37. The number of amides is 1. The quantitative estimate of drug-likeness (QED) is 0.459. The summed E-state index contributed by atoms with van der Waals surface area (Å²) in [7, 11) is 0. The Kier molecular flexibility index (Phi) is 4.84. The van der Waals surface area contributed by atoms with Crippen LogP contribution in [0.5, 0.6) is 0 Å². The monoisotopic (exact) mass is 410 g/mol. The van der Waals surface area contributed by atoms with Crippen LogP contribution in [0.25, 0.3) is 21.8 Å². The molecule has 6 heteroatoms. The summed E-state index contributed by atoms with van der Waals surface area (Å²) in [6.07, 6.45) is 0. The van der Waals surface area contributed by atoms with Gasteiger partial charge in [-0.1, -0.05) is 41.4 Å². The van der Waals surface area contributed by atoms with Crippen molar-refractivity contribution in [1.29, 1.82) is 0 Å². The first kappa shape index (κ1) is 18.5. The first-order chi connectivity index (χ1) is 13.4. The van der Waals surface area contributed by atoms with Crippen molar-refractivity contribution in [2.75, 3.05) is 5.32 Å². The van der Waals surface area contributed by atoms with Gasteiger partial charge in [0.05, 0.1) is 11.0 Å². The molecule has 0 aliphatic carbocycles. The normalized spacial score (nSPS) is 11.1. The highest BCUT2D eigenvalue weighted by Gasteiger charge is 2.14. The van der Waals surface area contributed by atoms with E-state index in [1.165, 1.54) is 0 Å². The summed E-state index contributed by atoms with van der Waals surface area (Å²) in [6, 6.07) is 17.7. The van der Waals surface area contributed by atoms with Crippen molar-refractivity contribution in [1.82, 2.24) is 4.57 Å². The lowest BCUT2D eigenvalue weighted by atomic mass is 10.1. The molecule has 4 rings (SSSR count). The van der Waals surface area contributed by atoms with Gasteiger partial charge in [-0.15, -0.1) is 0 Å². The van der Waals surface area contributed by atoms with Gasteiger partial charge < -0.3 is 9.88 Å². The van der Waals surface area contributed by atoms with Gasteiger partial charge in [-0.3, -0.25) is 9.59 Å². The van der Waals surface area contributed by atoms with Crippen LogP contribution in [-0.4, -0.2) is 10.5 Å². The van der Waals surface area contributed by atoms with E-state index in [4.69, 9.17) is 23.2 Å². The van der Waals surface area contributed by atoms with E-state index in [9.17, 15) is 9.59 Å². The molecule has 0 saturated heterocycles.